The molecule has 502 valence electrons. The van der Waals surface area contributed by atoms with Crippen LogP contribution in [0.1, 0.15) is 27.7 Å². The molecule has 16 nitrogen and oxygen atoms in total. The maximum absolute atomic E-state index is 12.8. The van der Waals surface area contributed by atoms with Gasteiger partial charge in [-0.3, -0.25) is 0 Å². The third-order valence-electron chi connectivity index (χ3n) is 9.05. The summed E-state index contributed by atoms with van der Waals surface area (Å²) in [6.45, 7) is 1.11. The Morgan fingerprint density at radius 2 is 0.396 bits per heavy atom. The van der Waals surface area contributed by atoms with Crippen LogP contribution in [0.2, 0.25) is 0 Å². The van der Waals surface area contributed by atoms with Crippen LogP contribution in [-0.2, 0) is 66.5 Å². The molecule has 0 aliphatic heterocycles. The minimum Gasteiger partial charge on any atom is -0.454 e. The third-order valence-corrected chi connectivity index (χ3v) is 9.05. The standard InChI is InChI=1S/C90H46O16/c1-5-9-13-17-21-25-29-33-37-41-45-49-53-57-61-65-85(93)101-74-73-98-82-84(100-75-76-102-86(94)66-62-58-54-50-46-42-38-34-30-26-22-18-14-10-6-2)90(106-80-78-104-88(96)68-64-60-56-52-48-44-40-36-32-28-24-20-16-12-8-4)89(83(99-72-70-92)81-97-71-69-91)105-79-77-103-87(95)67-63-59-55-51-47-43-39-35-31-27-23-19-15-11-7-3/h83-84,89-92H,69-82H2,1-4H3. The van der Waals surface area contributed by atoms with Crippen molar-refractivity contribution in [1.82, 2.24) is 0 Å². The molecule has 4 atom stereocenters. The van der Waals surface area contributed by atoms with Crippen LogP contribution in [0.3, 0.4) is 0 Å². The van der Waals surface area contributed by atoms with Crippen LogP contribution in [0.4, 0.5) is 0 Å². The van der Waals surface area contributed by atoms with E-state index in [9.17, 15) is 29.4 Å². The molecule has 0 spiro atoms. The lowest BCUT2D eigenvalue weighted by molar-refractivity contribution is -0.205. The molecular formula is C90H46O16. The van der Waals surface area contributed by atoms with Crippen molar-refractivity contribution in [3.63, 3.8) is 0 Å². The molecule has 2 N–H and O–H groups in total. The predicted octanol–water partition coefficient (Wildman–Crippen LogP) is -1.09. The van der Waals surface area contributed by atoms with Gasteiger partial charge in [0.1, 0.15) is 50.8 Å². The van der Waals surface area contributed by atoms with Crippen LogP contribution in [0.25, 0.3) is 0 Å². The van der Waals surface area contributed by atoms with Gasteiger partial charge in [-0.2, -0.15) is 0 Å². The smallest absolute Gasteiger partial charge is 0.385 e. The van der Waals surface area contributed by atoms with E-state index < -0.39 is 108 Å². The van der Waals surface area contributed by atoms with E-state index in [-0.39, 0.29) is 33.0 Å². The van der Waals surface area contributed by atoms with Gasteiger partial charge in [-0.05, 0) is 359 Å². The van der Waals surface area contributed by atoms with Gasteiger partial charge in [0.15, 0.2) is 0 Å². The van der Waals surface area contributed by atoms with E-state index in [1.807, 2.05) is 0 Å². The summed E-state index contributed by atoms with van der Waals surface area (Å²) < 4.78 is 57.5. The Morgan fingerprint density at radius 3 is 0.613 bits per heavy atom. The molecule has 0 aliphatic carbocycles. The SMILES string of the molecule is CC#CC#CC#CC#CC#CC#CC#CC#CC(=O)OCCOCC(OCCOC(=O)C#CC#CC#CC#CC#CC#CC#CC#CC)C(OCCOC(=O)C#CC#CC#CC#CC#CC#CC#CC#CC)C(OCCOC(=O)C#CC#CC#CC#CC#CC#CC#CC#CC)C(COCCO)OCCO. The molecule has 16 heteroatoms. The van der Waals surface area contributed by atoms with Gasteiger partial charge in [0, 0.05) is 23.7 Å². The summed E-state index contributed by atoms with van der Waals surface area (Å²) in [5, 5.41) is 19.6. The average molecular weight is 1380 g/mol. The largest absolute Gasteiger partial charge is 0.454 e. The van der Waals surface area contributed by atoms with Crippen molar-refractivity contribution < 1.29 is 76.8 Å². The lowest BCUT2D eigenvalue weighted by Crippen LogP contribution is -2.53. The minimum atomic E-state index is -1.41. The Kier molecular flexibility index (Phi) is 62.7. The average Bonchev–Trinajstić information content (AvgIpc) is 0.843. The fraction of sp³-hybridized carbons (Fsp3) is 0.244. The van der Waals surface area contributed by atoms with E-state index in [0.29, 0.717) is 0 Å². The Hall–Kier alpha value is -16.5. The van der Waals surface area contributed by atoms with Crippen LogP contribution in [0.15, 0.2) is 0 Å². The first kappa shape index (κ1) is 89.5. The van der Waals surface area contributed by atoms with E-state index in [1.54, 1.807) is 27.7 Å². The summed E-state index contributed by atoms with van der Waals surface area (Å²) >= 11 is 0. The first-order valence-electron chi connectivity index (χ1n) is 29.5. The molecule has 0 aromatic heterocycles. The molecule has 0 fully saturated rings. The molecule has 106 heavy (non-hydrogen) atoms. The highest BCUT2D eigenvalue weighted by molar-refractivity contribution is 5.90. The Balaban J connectivity index is 7.30. The number of ether oxygens (including phenoxy) is 10. The highest BCUT2D eigenvalue weighted by Crippen LogP contribution is 2.20. The molecule has 0 aromatic rings. The number of aliphatic hydroxyl groups is 2. The summed E-state index contributed by atoms with van der Waals surface area (Å²) in [5.74, 6) is 152. The molecule has 0 bridgehead atoms. The number of hydrogen-bond donors (Lipinski definition) is 2. The fourth-order valence-electron chi connectivity index (χ4n) is 5.36. The minimum absolute atomic E-state index is 0.198. The molecular weight excluding hydrogens is 1340 g/mol. The van der Waals surface area contributed by atoms with Crippen molar-refractivity contribution in [2.75, 3.05) is 92.5 Å². The van der Waals surface area contributed by atoms with Crippen molar-refractivity contribution >= 4 is 23.9 Å². The third kappa shape index (κ3) is 63.5. The molecule has 0 radical (unpaired) electrons. The van der Waals surface area contributed by atoms with Crippen LogP contribution in [-0.4, -0.2) is 151 Å². The molecule has 0 rings (SSSR count). The Morgan fingerprint density at radius 1 is 0.217 bits per heavy atom. The second-order valence-electron chi connectivity index (χ2n) is 16.1. The summed E-state index contributed by atoms with van der Waals surface area (Å²) in [7, 11) is 0. The van der Waals surface area contributed by atoms with E-state index in [4.69, 9.17) is 47.4 Å². The van der Waals surface area contributed by atoms with Crippen LogP contribution < -0.4 is 0 Å². The summed E-state index contributed by atoms with van der Waals surface area (Å²) in [6.07, 6.45) is -5.32. The monoisotopic (exact) mass is 1380 g/mol. The van der Waals surface area contributed by atoms with Gasteiger partial charge in [-0.1, -0.05) is 23.7 Å². The van der Waals surface area contributed by atoms with Gasteiger partial charge in [0.05, 0.1) is 66.1 Å². The van der Waals surface area contributed by atoms with E-state index in [1.165, 1.54) is 0 Å². The summed E-state index contributed by atoms with van der Waals surface area (Å²) in [6, 6.07) is 0. The van der Waals surface area contributed by atoms with Gasteiger partial charge in [-0.15, -0.1) is 0 Å². The quantitative estimate of drug-likeness (QED) is 0.0330. The number of aliphatic hydroxyl groups excluding tert-OH is 2. The number of carbonyl (C=O) groups is 4. The highest BCUT2D eigenvalue weighted by Gasteiger charge is 2.39. The van der Waals surface area contributed by atoms with Crippen LogP contribution in [0, 0.1) is 379 Å². The van der Waals surface area contributed by atoms with Crippen LogP contribution in [0.5, 0.6) is 0 Å². The number of rotatable bonds is 27. The van der Waals surface area contributed by atoms with Gasteiger partial charge >= 0.3 is 23.9 Å². The van der Waals surface area contributed by atoms with Gasteiger partial charge in [0.2, 0.25) is 0 Å². The first-order chi connectivity index (χ1) is 52.3. The number of carbonyl (C=O) groups excluding carboxylic acids is 4. The van der Waals surface area contributed by atoms with Gasteiger partial charge in [-0.25, -0.2) is 19.2 Å². The summed E-state index contributed by atoms with van der Waals surface area (Å²) in [5.41, 5.74) is 0. The predicted molar refractivity (Wildman–Crippen MR) is 390 cm³/mol. The van der Waals surface area contributed by atoms with Crippen molar-refractivity contribution in [2.24, 2.45) is 0 Å². The normalized spacial score (nSPS) is 7.94. The molecule has 0 aliphatic rings. The first-order valence-corrected chi connectivity index (χ1v) is 29.5. The lowest BCUT2D eigenvalue weighted by Gasteiger charge is -2.37. The van der Waals surface area contributed by atoms with Gasteiger partial charge < -0.3 is 57.6 Å². The van der Waals surface area contributed by atoms with Crippen LogP contribution >= 0.6 is 0 Å². The van der Waals surface area contributed by atoms with Crippen molar-refractivity contribution in [2.45, 2.75) is 52.1 Å². The maximum atomic E-state index is 12.8. The maximum Gasteiger partial charge on any atom is 0.385 e. The zero-order chi connectivity index (χ0) is 76.8. The van der Waals surface area contributed by atoms with E-state index >= 15 is 0 Å². The molecule has 0 heterocycles. The fourth-order valence-corrected chi connectivity index (χ4v) is 5.36. The van der Waals surface area contributed by atoms with Crippen molar-refractivity contribution in [3.8, 4) is 379 Å². The Labute approximate surface area is 621 Å². The van der Waals surface area contributed by atoms with E-state index in [2.05, 4.69) is 379 Å². The molecule has 4 unspecified atom stereocenters. The topological polar surface area (TPSA) is 201 Å². The number of esters is 4. The number of hydrogen-bond acceptors (Lipinski definition) is 16. The molecule has 0 saturated heterocycles. The van der Waals surface area contributed by atoms with Crippen molar-refractivity contribution in [1.29, 1.82) is 0 Å². The molecule has 0 aromatic carbocycles. The lowest BCUT2D eigenvalue weighted by atomic mass is 10.0. The zero-order valence-electron chi connectivity index (χ0n) is 56.8. The van der Waals surface area contributed by atoms with Gasteiger partial charge in [0.25, 0.3) is 0 Å². The molecule has 0 amide bonds. The van der Waals surface area contributed by atoms with Crippen molar-refractivity contribution in [3.05, 3.63) is 0 Å². The highest BCUT2D eigenvalue weighted by atomic mass is 16.6. The summed E-state index contributed by atoms with van der Waals surface area (Å²) in [4.78, 5) is 50.7. The Bertz CT molecular complexity index is 5470. The van der Waals surface area contributed by atoms with E-state index in [0.717, 1.165) is 0 Å². The zero-order valence-corrected chi connectivity index (χ0v) is 56.8. The molecule has 0 saturated carbocycles. The second-order valence-corrected chi connectivity index (χ2v) is 16.1. The second kappa shape index (κ2) is 74.3.